The van der Waals surface area contributed by atoms with Crippen molar-refractivity contribution in [2.45, 2.75) is 25.4 Å². The minimum absolute atomic E-state index is 0.0880. The van der Waals surface area contributed by atoms with Gasteiger partial charge in [-0.1, -0.05) is 12.1 Å². The summed E-state index contributed by atoms with van der Waals surface area (Å²) in [4.78, 5) is 30.4. The van der Waals surface area contributed by atoms with Crippen molar-refractivity contribution in [1.29, 1.82) is 0 Å². The Labute approximate surface area is 149 Å². The molecule has 1 aliphatic heterocycles. The third-order valence-electron chi connectivity index (χ3n) is 4.52. The van der Waals surface area contributed by atoms with Gasteiger partial charge in [0.05, 0.1) is 6.04 Å². The number of aromatic nitrogens is 3. The number of benzene rings is 1. The van der Waals surface area contributed by atoms with Crippen LogP contribution in [0, 0.1) is 0 Å². The molecule has 1 unspecified atom stereocenters. The second-order valence-corrected chi connectivity index (χ2v) is 6.28. The highest BCUT2D eigenvalue weighted by molar-refractivity contribution is 5.76. The van der Waals surface area contributed by atoms with Gasteiger partial charge in [-0.2, -0.15) is 10.1 Å². The molecule has 0 saturated carbocycles. The average molecular weight is 353 g/mol. The molecule has 1 N–H and O–H groups in total. The van der Waals surface area contributed by atoms with Crippen molar-refractivity contribution in [2.75, 3.05) is 18.0 Å². The van der Waals surface area contributed by atoms with Crippen LogP contribution in [0.3, 0.4) is 0 Å². The highest BCUT2D eigenvalue weighted by Gasteiger charge is 2.28. The minimum Gasteiger partial charge on any atom is -0.423 e. The van der Waals surface area contributed by atoms with E-state index in [4.69, 9.17) is 4.42 Å². The molecule has 0 aliphatic carbocycles. The standard InChI is InChI=1S/C18H19N5O3/c24-16(12-23-17(25)8-3-9-20-23)19-11-13-5-4-10-22(13)18-21-14-6-1-2-7-15(14)26-18/h1-3,6-9,13H,4-5,10-12H2,(H,19,24). The number of carbonyl (C=O) groups excluding carboxylic acids is 1. The summed E-state index contributed by atoms with van der Waals surface area (Å²) in [5.41, 5.74) is 1.29. The van der Waals surface area contributed by atoms with Crippen molar-refractivity contribution in [3.63, 3.8) is 0 Å². The monoisotopic (exact) mass is 353 g/mol. The van der Waals surface area contributed by atoms with Crippen LogP contribution >= 0.6 is 0 Å². The van der Waals surface area contributed by atoms with Gasteiger partial charge in [-0.05, 0) is 31.0 Å². The predicted molar refractivity (Wildman–Crippen MR) is 95.9 cm³/mol. The lowest BCUT2D eigenvalue weighted by atomic mass is 10.2. The quantitative estimate of drug-likeness (QED) is 0.740. The first-order chi connectivity index (χ1) is 12.7. The Bertz CT molecular complexity index is 947. The van der Waals surface area contributed by atoms with Crippen molar-refractivity contribution < 1.29 is 9.21 Å². The van der Waals surface area contributed by atoms with Gasteiger partial charge in [-0.15, -0.1) is 0 Å². The van der Waals surface area contributed by atoms with Crippen molar-refractivity contribution >= 4 is 23.0 Å². The van der Waals surface area contributed by atoms with Crippen LogP contribution in [0.4, 0.5) is 6.01 Å². The second-order valence-electron chi connectivity index (χ2n) is 6.28. The summed E-state index contributed by atoms with van der Waals surface area (Å²) < 4.78 is 6.99. The molecule has 4 rings (SSSR count). The maximum Gasteiger partial charge on any atom is 0.298 e. The summed E-state index contributed by atoms with van der Waals surface area (Å²) in [6, 6.07) is 11.3. The first kappa shape index (κ1) is 16.3. The minimum atomic E-state index is -0.295. The van der Waals surface area contributed by atoms with E-state index < -0.39 is 0 Å². The number of hydrogen-bond donors (Lipinski definition) is 1. The SMILES string of the molecule is O=C(Cn1ncccc1=O)NCC1CCCN1c1nc2ccccc2o1. The third-order valence-corrected chi connectivity index (χ3v) is 4.52. The third kappa shape index (κ3) is 3.30. The lowest BCUT2D eigenvalue weighted by Gasteiger charge is -2.23. The van der Waals surface area contributed by atoms with Crippen LogP contribution in [0.25, 0.3) is 11.1 Å². The molecule has 1 aliphatic rings. The average Bonchev–Trinajstić information content (AvgIpc) is 3.28. The van der Waals surface area contributed by atoms with Crippen molar-refractivity contribution in [3.8, 4) is 0 Å². The number of amides is 1. The summed E-state index contributed by atoms with van der Waals surface area (Å²) in [7, 11) is 0. The van der Waals surface area contributed by atoms with Crippen molar-refractivity contribution in [3.05, 3.63) is 52.9 Å². The molecule has 26 heavy (non-hydrogen) atoms. The van der Waals surface area contributed by atoms with E-state index in [9.17, 15) is 9.59 Å². The molecule has 2 aromatic heterocycles. The molecule has 1 fully saturated rings. The molecule has 3 aromatic rings. The lowest BCUT2D eigenvalue weighted by Crippen LogP contribution is -2.42. The van der Waals surface area contributed by atoms with E-state index in [1.54, 1.807) is 6.07 Å². The zero-order valence-corrected chi connectivity index (χ0v) is 14.2. The predicted octanol–water partition coefficient (Wildman–Crippen LogP) is 1.17. The first-order valence-electron chi connectivity index (χ1n) is 8.62. The number of para-hydroxylation sites is 2. The molecular formula is C18H19N5O3. The second kappa shape index (κ2) is 6.99. The van der Waals surface area contributed by atoms with Gasteiger partial charge in [0.25, 0.3) is 11.6 Å². The molecule has 0 bridgehead atoms. The van der Waals surface area contributed by atoms with Gasteiger partial charge in [-0.25, -0.2) is 4.68 Å². The van der Waals surface area contributed by atoms with Crippen LogP contribution in [0.5, 0.6) is 0 Å². The Morgan fingerprint density at radius 2 is 2.15 bits per heavy atom. The van der Waals surface area contributed by atoms with Gasteiger partial charge in [-0.3, -0.25) is 9.59 Å². The number of nitrogens with one attached hydrogen (secondary N) is 1. The summed E-state index contributed by atoms with van der Waals surface area (Å²) in [5, 5.41) is 6.78. The Kier molecular flexibility index (Phi) is 4.39. The Morgan fingerprint density at radius 1 is 1.27 bits per heavy atom. The molecule has 134 valence electrons. The molecule has 8 heteroatoms. The lowest BCUT2D eigenvalue weighted by molar-refractivity contribution is -0.122. The number of nitrogens with zero attached hydrogens (tertiary/aromatic N) is 4. The molecule has 8 nitrogen and oxygen atoms in total. The van der Waals surface area contributed by atoms with E-state index in [2.05, 4.69) is 20.3 Å². The summed E-state index contributed by atoms with van der Waals surface area (Å²) in [6.07, 6.45) is 3.45. The topological polar surface area (TPSA) is 93.3 Å². The molecule has 0 radical (unpaired) electrons. The number of carbonyl (C=O) groups is 1. The fourth-order valence-corrected chi connectivity index (χ4v) is 3.21. The molecule has 1 atom stereocenters. The highest BCUT2D eigenvalue weighted by atomic mass is 16.4. The van der Waals surface area contributed by atoms with E-state index in [0.29, 0.717) is 12.6 Å². The van der Waals surface area contributed by atoms with Crippen molar-refractivity contribution in [2.24, 2.45) is 0 Å². The largest absolute Gasteiger partial charge is 0.423 e. The number of oxazole rings is 1. The Hall–Kier alpha value is -3.16. The van der Waals surface area contributed by atoms with Crippen LogP contribution in [0.1, 0.15) is 12.8 Å². The van der Waals surface area contributed by atoms with Gasteiger partial charge in [0.1, 0.15) is 12.1 Å². The van der Waals surface area contributed by atoms with Gasteiger partial charge >= 0.3 is 0 Å². The van der Waals surface area contributed by atoms with Crippen LogP contribution in [-0.4, -0.2) is 39.8 Å². The first-order valence-corrected chi connectivity index (χ1v) is 8.62. The van der Waals surface area contributed by atoms with E-state index in [1.807, 2.05) is 24.3 Å². The van der Waals surface area contributed by atoms with E-state index in [0.717, 1.165) is 35.2 Å². The van der Waals surface area contributed by atoms with Crippen LogP contribution in [0.15, 0.2) is 51.8 Å². The Balaban J connectivity index is 1.40. The van der Waals surface area contributed by atoms with Crippen LogP contribution < -0.4 is 15.8 Å². The number of rotatable bonds is 5. The molecule has 1 amide bonds. The smallest absolute Gasteiger partial charge is 0.298 e. The maximum absolute atomic E-state index is 12.1. The number of hydrogen-bond acceptors (Lipinski definition) is 6. The number of fused-ring (bicyclic) bond motifs is 1. The van der Waals surface area contributed by atoms with E-state index >= 15 is 0 Å². The van der Waals surface area contributed by atoms with Crippen LogP contribution in [0.2, 0.25) is 0 Å². The highest BCUT2D eigenvalue weighted by Crippen LogP contribution is 2.27. The molecule has 0 spiro atoms. The van der Waals surface area contributed by atoms with Gasteiger partial charge < -0.3 is 14.6 Å². The van der Waals surface area contributed by atoms with E-state index in [1.165, 1.54) is 12.3 Å². The zero-order chi connectivity index (χ0) is 17.9. The molecule has 3 heterocycles. The maximum atomic E-state index is 12.1. The van der Waals surface area contributed by atoms with Crippen LogP contribution in [-0.2, 0) is 11.3 Å². The number of anilines is 1. The van der Waals surface area contributed by atoms with E-state index in [-0.39, 0.29) is 24.1 Å². The summed E-state index contributed by atoms with van der Waals surface area (Å²) in [5.74, 6) is -0.241. The van der Waals surface area contributed by atoms with Gasteiger partial charge in [0.2, 0.25) is 5.91 Å². The summed E-state index contributed by atoms with van der Waals surface area (Å²) in [6.45, 7) is 1.22. The fraction of sp³-hybridized carbons (Fsp3) is 0.333. The fourth-order valence-electron chi connectivity index (χ4n) is 3.21. The van der Waals surface area contributed by atoms with Crippen molar-refractivity contribution in [1.82, 2.24) is 20.1 Å². The van der Waals surface area contributed by atoms with Gasteiger partial charge in [0, 0.05) is 25.4 Å². The summed E-state index contributed by atoms with van der Waals surface area (Å²) >= 11 is 0. The zero-order valence-electron chi connectivity index (χ0n) is 14.2. The molecular weight excluding hydrogens is 334 g/mol. The normalized spacial score (nSPS) is 16.9. The molecule has 1 aromatic carbocycles. The Morgan fingerprint density at radius 3 is 3.00 bits per heavy atom. The van der Waals surface area contributed by atoms with Gasteiger partial charge in [0.15, 0.2) is 5.58 Å². The molecule has 1 saturated heterocycles.